The molecule has 96 valence electrons. The Labute approximate surface area is 109 Å². The lowest BCUT2D eigenvalue weighted by Crippen LogP contribution is -2.32. The van der Waals surface area contributed by atoms with Crippen LogP contribution >= 0.6 is 11.6 Å². The highest BCUT2D eigenvalue weighted by atomic mass is 35.5. The zero-order valence-corrected chi connectivity index (χ0v) is 10.6. The Hall–Kier alpha value is -1.75. The van der Waals surface area contributed by atoms with Gasteiger partial charge in [-0.05, 0) is 17.7 Å². The summed E-state index contributed by atoms with van der Waals surface area (Å²) in [4.78, 5) is 24.1. The lowest BCUT2D eigenvalue weighted by molar-refractivity contribution is -0.127. The van der Waals surface area contributed by atoms with Crippen molar-refractivity contribution in [3.05, 3.63) is 28.8 Å². The van der Waals surface area contributed by atoms with Gasteiger partial charge in [0.15, 0.2) is 0 Å². The van der Waals surface area contributed by atoms with Crippen LogP contribution in [0, 0.1) is 0 Å². The molecule has 0 N–H and O–H groups in total. The molecule has 5 nitrogen and oxygen atoms in total. The quantitative estimate of drug-likeness (QED) is 0.841. The standard InChI is InChI=1S/C12H12ClNO4/c1-17-10-3-2-8(6-9(10)13)7-11(15)14-4-5-18-12(14)16/h2-3,6H,4-5,7H2,1H3. The predicted octanol–water partition coefficient (Wildman–Crippen LogP) is 1.87. The average molecular weight is 270 g/mol. The van der Waals surface area contributed by atoms with Crippen LogP contribution in [-0.4, -0.2) is 37.2 Å². The first-order chi connectivity index (χ1) is 8.61. The van der Waals surface area contributed by atoms with Gasteiger partial charge in [0.2, 0.25) is 5.91 Å². The van der Waals surface area contributed by atoms with E-state index in [2.05, 4.69) is 0 Å². The number of halogens is 1. The minimum absolute atomic E-state index is 0.110. The van der Waals surface area contributed by atoms with Gasteiger partial charge in [-0.15, -0.1) is 0 Å². The number of hydrogen-bond acceptors (Lipinski definition) is 4. The average Bonchev–Trinajstić information content (AvgIpc) is 2.76. The van der Waals surface area contributed by atoms with Gasteiger partial charge in [-0.2, -0.15) is 0 Å². The molecule has 1 fully saturated rings. The first kappa shape index (κ1) is 12.7. The summed E-state index contributed by atoms with van der Waals surface area (Å²) in [6.45, 7) is 0.565. The van der Waals surface area contributed by atoms with Crippen LogP contribution in [0.1, 0.15) is 5.56 Å². The molecule has 1 aliphatic rings. The maximum Gasteiger partial charge on any atom is 0.416 e. The van der Waals surface area contributed by atoms with Gasteiger partial charge in [-0.3, -0.25) is 4.79 Å². The zero-order chi connectivity index (χ0) is 13.1. The van der Waals surface area contributed by atoms with Gasteiger partial charge in [0.05, 0.1) is 25.1 Å². The molecule has 0 atom stereocenters. The van der Waals surface area contributed by atoms with Gasteiger partial charge in [0, 0.05) is 0 Å². The molecule has 0 bridgehead atoms. The number of benzene rings is 1. The molecule has 0 unspecified atom stereocenters. The third kappa shape index (κ3) is 2.56. The van der Waals surface area contributed by atoms with Crippen molar-refractivity contribution in [3.8, 4) is 5.75 Å². The van der Waals surface area contributed by atoms with Gasteiger partial charge in [-0.25, -0.2) is 9.69 Å². The van der Waals surface area contributed by atoms with E-state index in [1.165, 1.54) is 7.11 Å². The van der Waals surface area contributed by atoms with E-state index in [4.69, 9.17) is 21.1 Å². The Balaban J connectivity index is 2.07. The van der Waals surface area contributed by atoms with Gasteiger partial charge >= 0.3 is 6.09 Å². The minimum Gasteiger partial charge on any atom is -0.495 e. The van der Waals surface area contributed by atoms with Crippen molar-refractivity contribution in [1.29, 1.82) is 0 Å². The second-order valence-electron chi connectivity index (χ2n) is 3.81. The Bertz CT molecular complexity index is 489. The number of ether oxygens (including phenoxy) is 2. The summed E-state index contributed by atoms with van der Waals surface area (Å²) in [5.74, 6) is 0.257. The molecule has 2 rings (SSSR count). The molecule has 0 aliphatic carbocycles. The van der Waals surface area contributed by atoms with Crippen LogP contribution in [0.5, 0.6) is 5.75 Å². The number of carbonyl (C=O) groups is 2. The highest BCUT2D eigenvalue weighted by molar-refractivity contribution is 6.32. The summed E-state index contributed by atoms with van der Waals surface area (Å²) < 4.78 is 9.73. The molecule has 6 heteroatoms. The Kier molecular flexibility index (Phi) is 3.72. The van der Waals surface area contributed by atoms with E-state index in [0.29, 0.717) is 17.3 Å². The minimum atomic E-state index is -0.584. The summed E-state index contributed by atoms with van der Waals surface area (Å²) in [5.41, 5.74) is 0.727. The van der Waals surface area contributed by atoms with Crippen LogP contribution in [0.4, 0.5) is 4.79 Å². The highest BCUT2D eigenvalue weighted by Gasteiger charge is 2.28. The van der Waals surface area contributed by atoms with Crippen LogP contribution in [0.25, 0.3) is 0 Å². The van der Waals surface area contributed by atoms with Crippen molar-refractivity contribution in [2.75, 3.05) is 20.3 Å². The molecule has 0 radical (unpaired) electrons. The summed E-state index contributed by atoms with van der Waals surface area (Å²) in [7, 11) is 1.52. The third-order valence-corrected chi connectivity index (χ3v) is 2.93. The molecule has 0 spiro atoms. The van der Waals surface area contributed by atoms with Crippen LogP contribution < -0.4 is 4.74 Å². The van der Waals surface area contributed by atoms with E-state index in [1.807, 2.05) is 0 Å². The van der Waals surface area contributed by atoms with Crippen LogP contribution in [0.2, 0.25) is 5.02 Å². The first-order valence-electron chi connectivity index (χ1n) is 5.41. The van der Waals surface area contributed by atoms with Gasteiger partial charge in [-0.1, -0.05) is 17.7 Å². The number of nitrogens with zero attached hydrogens (tertiary/aromatic N) is 1. The highest BCUT2D eigenvalue weighted by Crippen LogP contribution is 2.25. The maximum atomic E-state index is 11.8. The molecule has 1 aromatic rings. The molecular weight excluding hydrogens is 258 g/mol. The SMILES string of the molecule is COc1ccc(CC(=O)N2CCOC2=O)cc1Cl. The zero-order valence-electron chi connectivity index (χ0n) is 9.81. The number of hydrogen-bond donors (Lipinski definition) is 0. The summed E-state index contributed by atoms with van der Waals surface area (Å²) >= 11 is 5.96. The number of imide groups is 1. The van der Waals surface area contributed by atoms with Crippen molar-refractivity contribution in [2.45, 2.75) is 6.42 Å². The van der Waals surface area contributed by atoms with E-state index in [0.717, 1.165) is 10.5 Å². The normalized spacial score (nSPS) is 14.6. The van der Waals surface area contributed by atoms with Crippen molar-refractivity contribution in [2.24, 2.45) is 0 Å². The van der Waals surface area contributed by atoms with Gasteiger partial charge in [0.1, 0.15) is 12.4 Å². The van der Waals surface area contributed by atoms with E-state index >= 15 is 0 Å². The van der Waals surface area contributed by atoms with Gasteiger partial charge < -0.3 is 9.47 Å². The third-order valence-electron chi connectivity index (χ3n) is 2.63. The number of carbonyl (C=O) groups excluding carboxylic acids is 2. The van der Waals surface area contributed by atoms with Crippen molar-refractivity contribution in [1.82, 2.24) is 4.90 Å². The summed E-state index contributed by atoms with van der Waals surface area (Å²) in [5, 5.41) is 0.437. The summed E-state index contributed by atoms with van der Waals surface area (Å²) in [6.07, 6.45) is -0.474. The number of rotatable bonds is 3. The van der Waals surface area contributed by atoms with Crippen LogP contribution in [0.3, 0.4) is 0 Å². The Morgan fingerprint density at radius 3 is 2.89 bits per heavy atom. The van der Waals surface area contributed by atoms with Crippen molar-refractivity contribution in [3.63, 3.8) is 0 Å². The maximum absolute atomic E-state index is 11.8. The van der Waals surface area contributed by atoms with Crippen LogP contribution in [0.15, 0.2) is 18.2 Å². The molecule has 2 amide bonds. The topological polar surface area (TPSA) is 55.8 Å². The fourth-order valence-corrected chi connectivity index (χ4v) is 1.99. The first-order valence-corrected chi connectivity index (χ1v) is 5.79. The predicted molar refractivity (Wildman–Crippen MR) is 64.8 cm³/mol. The van der Waals surface area contributed by atoms with E-state index in [9.17, 15) is 9.59 Å². The van der Waals surface area contributed by atoms with E-state index in [-0.39, 0.29) is 18.9 Å². The smallest absolute Gasteiger partial charge is 0.416 e. The van der Waals surface area contributed by atoms with Crippen molar-refractivity contribution < 1.29 is 19.1 Å². The Morgan fingerprint density at radius 2 is 2.33 bits per heavy atom. The molecule has 18 heavy (non-hydrogen) atoms. The summed E-state index contributed by atoms with van der Waals surface area (Å²) in [6, 6.07) is 5.08. The number of amides is 2. The number of methoxy groups -OCH3 is 1. The molecule has 1 aliphatic heterocycles. The second-order valence-corrected chi connectivity index (χ2v) is 4.21. The van der Waals surface area contributed by atoms with E-state index in [1.54, 1.807) is 18.2 Å². The van der Waals surface area contributed by atoms with Crippen LogP contribution in [-0.2, 0) is 16.0 Å². The molecular formula is C12H12ClNO4. The number of cyclic esters (lactones) is 1. The molecule has 1 saturated heterocycles. The molecule has 0 saturated carbocycles. The Morgan fingerprint density at radius 1 is 1.56 bits per heavy atom. The molecule has 0 aromatic heterocycles. The molecule has 1 aromatic carbocycles. The van der Waals surface area contributed by atoms with Crippen molar-refractivity contribution >= 4 is 23.6 Å². The lowest BCUT2D eigenvalue weighted by Gasteiger charge is -2.11. The van der Waals surface area contributed by atoms with Gasteiger partial charge in [0.25, 0.3) is 0 Å². The fourth-order valence-electron chi connectivity index (χ4n) is 1.71. The molecule has 1 heterocycles. The largest absolute Gasteiger partial charge is 0.495 e. The lowest BCUT2D eigenvalue weighted by atomic mass is 10.1. The second kappa shape index (κ2) is 5.27. The monoisotopic (exact) mass is 269 g/mol. The fraction of sp³-hybridized carbons (Fsp3) is 0.333. The van der Waals surface area contributed by atoms with E-state index < -0.39 is 6.09 Å².